The number of methoxy groups -OCH3 is 1. The van der Waals surface area contributed by atoms with E-state index in [1.165, 1.54) is 5.56 Å². The highest BCUT2D eigenvalue weighted by Gasteiger charge is 2.21. The molecule has 0 spiro atoms. The molecule has 0 fully saturated rings. The third kappa shape index (κ3) is 4.48. The van der Waals surface area contributed by atoms with Crippen molar-refractivity contribution in [2.24, 2.45) is 5.92 Å². The molecule has 21 heavy (non-hydrogen) atoms. The van der Waals surface area contributed by atoms with Crippen molar-refractivity contribution in [2.75, 3.05) is 13.7 Å². The maximum absolute atomic E-state index is 11.9. The quantitative estimate of drug-likeness (QED) is 0.768. The number of hydrogen-bond donors (Lipinski definition) is 0. The summed E-state index contributed by atoms with van der Waals surface area (Å²) < 4.78 is 10.6. The maximum atomic E-state index is 11.9. The van der Waals surface area contributed by atoms with E-state index in [-0.39, 0.29) is 17.3 Å². The van der Waals surface area contributed by atoms with Gasteiger partial charge in [-0.3, -0.25) is 4.79 Å². The topological polar surface area (TPSA) is 35.5 Å². The van der Waals surface area contributed by atoms with E-state index in [0.29, 0.717) is 13.0 Å². The van der Waals surface area contributed by atoms with Crippen molar-refractivity contribution in [2.45, 2.75) is 53.4 Å². The molecular weight excluding hydrogens is 264 g/mol. The lowest BCUT2D eigenvalue weighted by Crippen LogP contribution is -2.18. The second-order valence-electron chi connectivity index (χ2n) is 6.59. The molecule has 118 valence electrons. The minimum Gasteiger partial charge on any atom is -0.496 e. The van der Waals surface area contributed by atoms with Gasteiger partial charge in [0.2, 0.25) is 0 Å². The molecule has 1 rings (SSSR count). The number of benzene rings is 1. The smallest absolute Gasteiger partial charge is 0.308 e. The molecule has 0 aliphatic carbocycles. The van der Waals surface area contributed by atoms with Gasteiger partial charge in [0.05, 0.1) is 19.6 Å². The van der Waals surface area contributed by atoms with Crippen LogP contribution in [0.2, 0.25) is 0 Å². The fourth-order valence-electron chi connectivity index (χ4n) is 2.42. The van der Waals surface area contributed by atoms with Crippen molar-refractivity contribution in [3.05, 3.63) is 28.8 Å². The maximum Gasteiger partial charge on any atom is 0.308 e. The Morgan fingerprint density at radius 1 is 1.29 bits per heavy atom. The first-order valence-electron chi connectivity index (χ1n) is 7.55. The lowest BCUT2D eigenvalue weighted by Gasteiger charge is -2.23. The Morgan fingerprint density at radius 3 is 2.38 bits per heavy atom. The Labute approximate surface area is 128 Å². The lowest BCUT2D eigenvalue weighted by atomic mass is 9.83. The van der Waals surface area contributed by atoms with Crippen LogP contribution in [0.25, 0.3) is 0 Å². The molecular formula is C18H28O3. The van der Waals surface area contributed by atoms with Crippen molar-refractivity contribution < 1.29 is 14.3 Å². The number of esters is 1. The van der Waals surface area contributed by atoms with Crippen molar-refractivity contribution in [1.29, 1.82) is 0 Å². The van der Waals surface area contributed by atoms with E-state index in [0.717, 1.165) is 16.9 Å². The van der Waals surface area contributed by atoms with Gasteiger partial charge in [0.15, 0.2) is 0 Å². The van der Waals surface area contributed by atoms with Gasteiger partial charge in [0.1, 0.15) is 5.75 Å². The van der Waals surface area contributed by atoms with E-state index >= 15 is 0 Å². The Morgan fingerprint density at radius 2 is 1.90 bits per heavy atom. The predicted octanol–water partition coefficient (Wildman–Crippen LogP) is 4.04. The molecule has 0 N–H and O–H groups in total. The van der Waals surface area contributed by atoms with Crippen molar-refractivity contribution in [1.82, 2.24) is 0 Å². The molecule has 0 heterocycles. The number of ether oxygens (including phenoxy) is 2. The van der Waals surface area contributed by atoms with Crippen molar-refractivity contribution in [3.63, 3.8) is 0 Å². The molecule has 3 nitrogen and oxygen atoms in total. The summed E-state index contributed by atoms with van der Waals surface area (Å²) in [7, 11) is 1.68. The van der Waals surface area contributed by atoms with Gasteiger partial charge in [-0.25, -0.2) is 0 Å². The fraction of sp³-hybridized carbons (Fsp3) is 0.611. The third-order valence-corrected chi connectivity index (χ3v) is 3.64. The monoisotopic (exact) mass is 292 g/mol. The first-order chi connectivity index (χ1) is 9.70. The van der Waals surface area contributed by atoms with Crippen LogP contribution in [-0.4, -0.2) is 19.7 Å². The highest BCUT2D eigenvalue weighted by atomic mass is 16.5. The second-order valence-corrected chi connectivity index (χ2v) is 6.59. The molecule has 1 aromatic rings. The van der Waals surface area contributed by atoms with E-state index in [1.807, 2.05) is 20.8 Å². The summed E-state index contributed by atoms with van der Waals surface area (Å²) in [5.74, 6) is 0.547. The van der Waals surface area contributed by atoms with Gasteiger partial charge in [0.25, 0.3) is 0 Å². The highest BCUT2D eigenvalue weighted by Crippen LogP contribution is 2.32. The van der Waals surface area contributed by atoms with Crippen molar-refractivity contribution in [3.8, 4) is 5.75 Å². The zero-order valence-corrected chi connectivity index (χ0v) is 14.4. The lowest BCUT2D eigenvalue weighted by molar-refractivity contribution is -0.147. The van der Waals surface area contributed by atoms with E-state index in [9.17, 15) is 4.79 Å². The van der Waals surface area contributed by atoms with E-state index < -0.39 is 0 Å². The average molecular weight is 292 g/mol. The van der Waals surface area contributed by atoms with Gasteiger partial charge in [-0.2, -0.15) is 0 Å². The molecule has 3 heteroatoms. The Hall–Kier alpha value is -1.51. The largest absolute Gasteiger partial charge is 0.496 e. The number of rotatable bonds is 5. The molecule has 0 radical (unpaired) electrons. The summed E-state index contributed by atoms with van der Waals surface area (Å²) in [6, 6.07) is 4.32. The normalized spacial score (nSPS) is 12.9. The van der Waals surface area contributed by atoms with E-state index in [1.54, 1.807) is 7.11 Å². The Bertz CT molecular complexity index is 498. The number of hydrogen-bond acceptors (Lipinski definition) is 3. The summed E-state index contributed by atoms with van der Waals surface area (Å²) in [5, 5.41) is 0. The molecule has 1 aromatic carbocycles. The molecule has 0 aliphatic rings. The molecule has 0 saturated carbocycles. The molecule has 0 aliphatic heterocycles. The Balaban J connectivity index is 3.15. The van der Waals surface area contributed by atoms with Crippen molar-refractivity contribution >= 4 is 5.97 Å². The molecule has 0 aromatic heterocycles. The minimum atomic E-state index is -0.173. The van der Waals surface area contributed by atoms with Crippen LogP contribution < -0.4 is 4.74 Å². The summed E-state index contributed by atoms with van der Waals surface area (Å²) in [4.78, 5) is 11.9. The second kappa shape index (κ2) is 6.97. The van der Waals surface area contributed by atoms with Gasteiger partial charge in [-0.15, -0.1) is 0 Å². The zero-order valence-electron chi connectivity index (χ0n) is 14.4. The van der Waals surface area contributed by atoms with E-state index in [4.69, 9.17) is 9.47 Å². The SMILES string of the molecule is CCOC(=O)C(C)Cc1cc(C(C)(C)C)cc(C)c1OC. The number of aryl methyl sites for hydroxylation is 1. The van der Waals surface area contributed by atoms with Gasteiger partial charge in [-0.05, 0) is 42.4 Å². The van der Waals surface area contributed by atoms with Gasteiger partial charge in [0, 0.05) is 0 Å². The average Bonchev–Trinajstić information content (AvgIpc) is 2.37. The Kier molecular flexibility index (Phi) is 5.82. The third-order valence-electron chi connectivity index (χ3n) is 3.64. The summed E-state index contributed by atoms with van der Waals surface area (Å²) >= 11 is 0. The minimum absolute atomic E-state index is 0.0684. The van der Waals surface area contributed by atoms with Crippen LogP contribution in [0.1, 0.15) is 51.3 Å². The highest BCUT2D eigenvalue weighted by molar-refractivity contribution is 5.72. The van der Waals surface area contributed by atoms with Crippen LogP contribution in [0.4, 0.5) is 0 Å². The molecule has 0 bridgehead atoms. The summed E-state index contributed by atoms with van der Waals surface area (Å²) in [6.07, 6.45) is 0.632. The van der Waals surface area contributed by atoms with Gasteiger partial charge >= 0.3 is 5.97 Å². The van der Waals surface area contributed by atoms with E-state index in [2.05, 4.69) is 32.9 Å². The summed E-state index contributed by atoms with van der Waals surface area (Å²) in [6.45, 7) is 12.8. The molecule has 0 amide bonds. The van der Waals surface area contributed by atoms with Crippen LogP contribution >= 0.6 is 0 Å². The predicted molar refractivity (Wildman–Crippen MR) is 85.9 cm³/mol. The fourth-order valence-corrected chi connectivity index (χ4v) is 2.42. The first-order valence-corrected chi connectivity index (χ1v) is 7.55. The van der Waals surface area contributed by atoms with Crippen LogP contribution in [0.3, 0.4) is 0 Å². The van der Waals surface area contributed by atoms with Crippen LogP contribution in [0.5, 0.6) is 5.75 Å². The number of carbonyl (C=O) groups excluding carboxylic acids is 1. The van der Waals surface area contributed by atoms with Crippen LogP contribution in [-0.2, 0) is 21.4 Å². The molecule has 1 unspecified atom stereocenters. The first kappa shape index (κ1) is 17.5. The van der Waals surface area contributed by atoms with Gasteiger partial charge in [-0.1, -0.05) is 39.8 Å². The van der Waals surface area contributed by atoms with Crippen LogP contribution in [0.15, 0.2) is 12.1 Å². The zero-order chi connectivity index (χ0) is 16.2. The van der Waals surface area contributed by atoms with Gasteiger partial charge < -0.3 is 9.47 Å². The molecule has 1 atom stereocenters. The van der Waals surface area contributed by atoms with Crippen LogP contribution in [0, 0.1) is 12.8 Å². The standard InChI is InChI=1S/C18H28O3/c1-8-21-17(19)13(3)9-14-11-15(18(4,5)6)10-12(2)16(14)20-7/h10-11,13H,8-9H2,1-7H3. The molecule has 0 saturated heterocycles. The summed E-state index contributed by atoms with van der Waals surface area (Å²) in [5.41, 5.74) is 3.50. The number of carbonyl (C=O) groups is 1.